The molecule has 1 unspecified atom stereocenters. The normalized spacial score (nSPS) is 22.9. The van der Waals surface area contributed by atoms with Crippen LogP contribution >= 0.6 is 0 Å². The second kappa shape index (κ2) is 7.17. The zero-order valence-electron chi connectivity index (χ0n) is 15.8. The first-order valence-electron chi connectivity index (χ1n) is 10.1. The predicted octanol–water partition coefficient (Wildman–Crippen LogP) is 4.51. The van der Waals surface area contributed by atoms with Crippen molar-refractivity contribution in [1.29, 1.82) is 0 Å². The van der Waals surface area contributed by atoms with Crippen LogP contribution in [0.1, 0.15) is 24.8 Å². The second-order valence-electron chi connectivity index (χ2n) is 7.94. The molecule has 3 heteroatoms. The molecule has 0 saturated heterocycles. The van der Waals surface area contributed by atoms with E-state index in [4.69, 9.17) is 0 Å². The molecule has 0 aromatic heterocycles. The Labute approximate surface area is 164 Å². The smallest absolute Gasteiger partial charge is 0.0718 e. The molecule has 1 saturated carbocycles. The molecule has 28 heavy (non-hydrogen) atoms. The van der Waals surface area contributed by atoms with E-state index in [0.29, 0.717) is 6.54 Å². The van der Waals surface area contributed by atoms with Crippen molar-refractivity contribution in [2.45, 2.75) is 44.1 Å². The summed E-state index contributed by atoms with van der Waals surface area (Å²) in [6.07, 6.45) is 1.40. The third-order valence-electron chi connectivity index (χ3n) is 6.21. The lowest BCUT2D eigenvalue weighted by Crippen LogP contribution is -2.50. The number of benzene rings is 4. The fraction of sp³-hybridized carbons (Fsp3) is 0.280. The second-order valence-corrected chi connectivity index (χ2v) is 7.94. The minimum atomic E-state index is -0.490. The number of fused-ring (bicyclic) bond motifs is 5. The van der Waals surface area contributed by atoms with Gasteiger partial charge in [0.15, 0.2) is 0 Å². The van der Waals surface area contributed by atoms with Gasteiger partial charge < -0.3 is 15.5 Å². The minimum Gasteiger partial charge on any atom is -0.391 e. The third-order valence-corrected chi connectivity index (χ3v) is 6.21. The van der Waals surface area contributed by atoms with E-state index < -0.39 is 12.2 Å². The first kappa shape index (κ1) is 17.6. The van der Waals surface area contributed by atoms with E-state index >= 15 is 0 Å². The fourth-order valence-electron chi connectivity index (χ4n) is 4.73. The van der Waals surface area contributed by atoms with Crippen LogP contribution in [0.15, 0.2) is 66.7 Å². The van der Waals surface area contributed by atoms with Gasteiger partial charge in [-0.05, 0) is 63.2 Å². The summed E-state index contributed by atoms with van der Waals surface area (Å²) < 4.78 is 0. The summed E-state index contributed by atoms with van der Waals surface area (Å²) >= 11 is 0. The van der Waals surface area contributed by atoms with Crippen LogP contribution < -0.4 is 5.32 Å². The Hall–Kier alpha value is -2.46. The maximum atomic E-state index is 10.3. The third kappa shape index (κ3) is 2.96. The predicted molar refractivity (Wildman–Crippen MR) is 115 cm³/mol. The topological polar surface area (TPSA) is 52.5 Å². The average molecular weight is 371 g/mol. The molecule has 1 aliphatic rings. The van der Waals surface area contributed by atoms with E-state index in [-0.39, 0.29) is 6.04 Å². The summed E-state index contributed by atoms with van der Waals surface area (Å²) in [5.41, 5.74) is 1.20. The molecule has 3 atom stereocenters. The Kier molecular flexibility index (Phi) is 4.52. The van der Waals surface area contributed by atoms with Crippen LogP contribution in [0, 0.1) is 0 Å². The van der Waals surface area contributed by atoms with E-state index in [0.717, 1.165) is 19.3 Å². The monoisotopic (exact) mass is 371 g/mol. The average Bonchev–Trinajstić information content (AvgIpc) is 2.73. The van der Waals surface area contributed by atoms with Gasteiger partial charge in [-0.15, -0.1) is 0 Å². The number of hydrogen-bond donors (Lipinski definition) is 3. The number of rotatable bonds is 3. The highest BCUT2D eigenvalue weighted by Crippen LogP contribution is 2.33. The zero-order valence-corrected chi connectivity index (χ0v) is 15.8. The molecule has 5 rings (SSSR count). The van der Waals surface area contributed by atoms with Crippen LogP contribution in [0.4, 0.5) is 0 Å². The van der Waals surface area contributed by atoms with Crippen LogP contribution in [-0.2, 0) is 6.54 Å². The number of nitrogens with one attached hydrogen (secondary N) is 1. The standard InChI is InChI=1S/C25H25NO2/c27-23-10-5-11-24(28)25(23)26-15-17-14-22-18-7-2-1-6-16(18)12-13-21(22)20-9-4-3-8-19(17)20/h1-4,6-9,12-14,23-28H,5,10-11,15H2/t23-,24+,25?. The van der Waals surface area contributed by atoms with E-state index in [1.54, 1.807) is 0 Å². The highest BCUT2D eigenvalue weighted by atomic mass is 16.3. The SMILES string of the molecule is O[C@@H]1CCC[C@H](O)C1NCc1cc2c3ccccc3ccc2c2ccccc12. The molecule has 142 valence electrons. The molecule has 4 aromatic rings. The number of aliphatic hydroxyl groups excluding tert-OH is 2. The lowest BCUT2D eigenvalue weighted by atomic mass is 9.89. The highest BCUT2D eigenvalue weighted by Gasteiger charge is 2.30. The quantitative estimate of drug-likeness (QED) is 0.465. The summed E-state index contributed by atoms with van der Waals surface area (Å²) in [7, 11) is 0. The molecular weight excluding hydrogens is 346 g/mol. The Bertz CT molecular complexity index is 1140. The molecule has 0 aliphatic heterocycles. The molecule has 3 N–H and O–H groups in total. The maximum absolute atomic E-state index is 10.3. The molecule has 0 amide bonds. The molecule has 1 fully saturated rings. The number of aliphatic hydroxyl groups is 2. The van der Waals surface area contributed by atoms with Gasteiger partial charge in [-0.2, -0.15) is 0 Å². The fourth-order valence-corrected chi connectivity index (χ4v) is 4.73. The van der Waals surface area contributed by atoms with Crippen LogP contribution in [0.2, 0.25) is 0 Å². The van der Waals surface area contributed by atoms with Gasteiger partial charge in [-0.1, -0.05) is 60.7 Å². The van der Waals surface area contributed by atoms with Crippen molar-refractivity contribution >= 4 is 32.3 Å². The maximum Gasteiger partial charge on any atom is 0.0718 e. The van der Waals surface area contributed by atoms with E-state index in [2.05, 4.69) is 72.0 Å². The van der Waals surface area contributed by atoms with Gasteiger partial charge in [-0.3, -0.25) is 0 Å². The molecule has 4 aromatic carbocycles. The molecule has 3 nitrogen and oxygen atoms in total. The molecule has 0 radical (unpaired) electrons. The van der Waals surface area contributed by atoms with Gasteiger partial charge in [0.25, 0.3) is 0 Å². The van der Waals surface area contributed by atoms with E-state index in [1.807, 2.05) is 0 Å². The summed E-state index contributed by atoms with van der Waals surface area (Å²) in [5, 5.41) is 31.5. The van der Waals surface area contributed by atoms with Crippen LogP contribution in [0.25, 0.3) is 32.3 Å². The molecule has 1 aliphatic carbocycles. The Morgan fingerprint density at radius 2 is 1.36 bits per heavy atom. The molecule has 0 bridgehead atoms. The molecular formula is C25H25NO2. The van der Waals surface area contributed by atoms with Crippen molar-refractivity contribution in [3.63, 3.8) is 0 Å². The van der Waals surface area contributed by atoms with Crippen molar-refractivity contribution in [1.82, 2.24) is 5.32 Å². The first-order valence-corrected chi connectivity index (χ1v) is 10.1. The number of hydrogen-bond acceptors (Lipinski definition) is 3. The van der Waals surface area contributed by atoms with Gasteiger partial charge in [0.1, 0.15) is 0 Å². The van der Waals surface area contributed by atoms with Gasteiger partial charge in [0.2, 0.25) is 0 Å². The van der Waals surface area contributed by atoms with Gasteiger partial charge in [-0.25, -0.2) is 0 Å². The zero-order chi connectivity index (χ0) is 19.1. The summed E-state index contributed by atoms with van der Waals surface area (Å²) in [4.78, 5) is 0. The molecule has 0 heterocycles. The summed E-state index contributed by atoms with van der Waals surface area (Å²) in [6.45, 7) is 0.623. The van der Waals surface area contributed by atoms with Crippen molar-refractivity contribution in [2.75, 3.05) is 0 Å². The van der Waals surface area contributed by atoms with Gasteiger partial charge in [0, 0.05) is 6.54 Å². The lowest BCUT2D eigenvalue weighted by Gasteiger charge is -2.33. The van der Waals surface area contributed by atoms with Crippen molar-refractivity contribution < 1.29 is 10.2 Å². The van der Waals surface area contributed by atoms with Crippen molar-refractivity contribution in [3.05, 3.63) is 72.3 Å². The summed E-state index contributed by atoms with van der Waals surface area (Å²) in [5.74, 6) is 0. The Morgan fingerprint density at radius 1 is 0.714 bits per heavy atom. The van der Waals surface area contributed by atoms with Crippen molar-refractivity contribution in [2.24, 2.45) is 0 Å². The first-order chi connectivity index (χ1) is 13.7. The van der Waals surface area contributed by atoms with E-state index in [1.165, 1.54) is 37.9 Å². The highest BCUT2D eigenvalue weighted by molar-refractivity contribution is 6.18. The van der Waals surface area contributed by atoms with Crippen LogP contribution in [0.5, 0.6) is 0 Å². The minimum absolute atomic E-state index is 0.268. The van der Waals surface area contributed by atoms with Gasteiger partial charge in [0.05, 0.1) is 18.2 Å². The van der Waals surface area contributed by atoms with Gasteiger partial charge >= 0.3 is 0 Å². The Balaban J connectivity index is 1.63. The van der Waals surface area contributed by atoms with E-state index in [9.17, 15) is 10.2 Å². The van der Waals surface area contributed by atoms with Crippen molar-refractivity contribution in [3.8, 4) is 0 Å². The molecule has 0 spiro atoms. The van der Waals surface area contributed by atoms with Crippen LogP contribution in [0.3, 0.4) is 0 Å². The largest absolute Gasteiger partial charge is 0.391 e. The Morgan fingerprint density at radius 3 is 2.14 bits per heavy atom. The lowest BCUT2D eigenvalue weighted by molar-refractivity contribution is 0.000917. The summed E-state index contributed by atoms with van der Waals surface area (Å²) in [6, 6.07) is 23.4. The van der Waals surface area contributed by atoms with Crippen LogP contribution in [-0.4, -0.2) is 28.5 Å².